The zero-order chi connectivity index (χ0) is 46.1. The van der Waals surface area contributed by atoms with Crippen molar-refractivity contribution in [2.45, 2.75) is 44.8 Å². The number of rotatable bonds is 5. The van der Waals surface area contributed by atoms with Crippen LogP contribution in [0.3, 0.4) is 0 Å². The first kappa shape index (κ1) is 48.8. The summed E-state index contributed by atoms with van der Waals surface area (Å²) in [6.07, 6.45) is -5.99. The van der Waals surface area contributed by atoms with E-state index in [2.05, 4.69) is 85.8 Å². The number of aliphatic hydroxyl groups is 2. The van der Waals surface area contributed by atoms with Gasteiger partial charge in [-0.15, -0.1) is 47.9 Å². The van der Waals surface area contributed by atoms with Gasteiger partial charge >= 0.3 is 12.4 Å². The van der Waals surface area contributed by atoms with Crippen molar-refractivity contribution in [1.29, 1.82) is 0 Å². The number of alkyl halides is 6. The van der Waals surface area contributed by atoms with Crippen molar-refractivity contribution in [3.05, 3.63) is 206 Å². The number of fused-ring (bicyclic) bond motifs is 6. The van der Waals surface area contributed by atoms with Crippen molar-refractivity contribution in [3.8, 4) is 22.6 Å². The molecule has 2 N–H and O–H groups in total. The van der Waals surface area contributed by atoms with Crippen LogP contribution in [0.1, 0.15) is 31.4 Å². The van der Waals surface area contributed by atoms with Gasteiger partial charge in [-0.3, -0.25) is 9.97 Å². The molecule has 0 saturated carbocycles. The van der Waals surface area contributed by atoms with Crippen molar-refractivity contribution < 1.29 is 56.7 Å². The zero-order valence-corrected chi connectivity index (χ0v) is 37.9. The summed E-state index contributed by atoms with van der Waals surface area (Å²) >= 11 is 0. The number of nitrogens with zero attached hydrogens (tertiary/aromatic N) is 4. The number of benzene rings is 6. The Morgan fingerprint density at radius 1 is 0.530 bits per heavy atom. The molecular weight excluding hydrogens is 1030 g/mol. The van der Waals surface area contributed by atoms with E-state index >= 15 is 0 Å². The Bertz CT molecular complexity index is 3040. The van der Waals surface area contributed by atoms with E-state index in [1.807, 2.05) is 84.9 Å². The van der Waals surface area contributed by atoms with Gasteiger partial charge < -0.3 is 19.3 Å². The third-order valence-electron chi connectivity index (χ3n) is 10.1. The number of aromatic nitrogens is 4. The summed E-state index contributed by atoms with van der Waals surface area (Å²) in [6.45, 7) is 3.32. The minimum absolute atomic E-state index is 0. The van der Waals surface area contributed by atoms with Crippen LogP contribution < -0.4 is 0 Å². The van der Waals surface area contributed by atoms with E-state index in [4.69, 9.17) is 10.2 Å². The summed E-state index contributed by atoms with van der Waals surface area (Å²) in [5.41, 5.74) is 6.31. The molecule has 0 spiro atoms. The Morgan fingerprint density at radius 2 is 1.03 bits per heavy atom. The molecule has 2 atom stereocenters. The van der Waals surface area contributed by atoms with Crippen LogP contribution in [0.4, 0.5) is 26.3 Å². The molecule has 0 bridgehead atoms. The molecule has 4 heterocycles. The van der Waals surface area contributed by atoms with Gasteiger partial charge in [0.05, 0.1) is 23.3 Å². The summed E-state index contributed by atoms with van der Waals surface area (Å²) in [7, 11) is 0. The van der Waals surface area contributed by atoms with Crippen molar-refractivity contribution >= 4 is 43.6 Å². The maximum Gasteiger partial charge on any atom is 0.417 e. The van der Waals surface area contributed by atoms with Crippen LogP contribution in [0.25, 0.3) is 66.2 Å². The van der Waals surface area contributed by atoms with Gasteiger partial charge in [-0.05, 0) is 79.8 Å². The molecule has 0 fully saturated rings. The molecule has 6 nitrogen and oxygen atoms in total. The van der Waals surface area contributed by atoms with Gasteiger partial charge in [-0.2, -0.15) is 26.3 Å². The van der Waals surface area contributed by atoms with Crippen LogP contribution in [0.15, 0.2) is 182 Å². The average molecular weight is 1070 g/mol. The van der Waals surface area contributed by atoms with Gasteiger partial charge in [0.1, 0.15) is 0 Å². The predicted octanol–water partition coefficient (Wildman–Crippen LogP) is 13.5. The average Bonchev–Trinajstić information content (AvgIpc) is 3.82. The maximum absolute atomic E-state index is 12.8. The number of aliphatic hydroxyl groups excluding tert-OH is 2. The maximum atomic E-state index is 12.8. The third-order valence-corrected chi connectivity index (χ3v) is 10.1. The molecule has 10 rings (SSSR count). The topological polar surface area (TPSA) is 76.1 Å². The fourth-order valence-corrected chi connectivity index (χ4v) is 7.33. The quantitative estimate of drug-likeness (QED) is 0.133. The van der Waals surface area contributed by atoms with Gasteiger partial charge in [0.25, 0.3) is 0 Å². The Labute approximate surface area is 390 Å². The van der Waals surface area contributed by atoms with E-state index < -0.39 is 23.5 Å². The minimum atomic E-state index is -4.40. The smallest absolute Gasteiger partial charge is 0.393 e. The van der Waals surface area contributed by atoms with Crippen LogP contribution in [0, 0.1) is 12.1 Å². The molecule has 1 radical (unpaired) electrons. The summed E-state index contributed by atoms with van der Waals surface area (Å²) < 4.78 is 78.1. The van der Waals surface area contributed by atoms with Crippen molar-refractivity contribution in [2.24, 2.45) is 0 Å². The van der Waals surface area contributed by atoms with Gasteiger partial charge in [0.2, 0.25) is 0 Å². The molecule has 0 aliphatic carbocycles. The van der Waals surface area contributed by atoms with E-state index in [0.717, 1.165) is 52.0 Å². The van der Waals surface area contributed by atoms with E-state index in [1.165, 1.54) is 45.8 Å². The van der Waals surface area contributed by atoms with Crippen molar-refractivity contribution in [1.82, 2.24) is 19.1 Å². The molecule has 10 aromatic rings. The summed E-state index contributed by atoms with van der Waals surface area (Å²) in [5.74, 6) is 0. The van der Waals surface area contributed by atoms with E-state index in [1.54, 1.807) is 13.8 Å². The van der Waals surface area contributed by atoms with Crippen LogP contribution in [0.2, 0.25) is 0 Å². The fraction of sp³-hybridized carbons (Fsp3) is 0.132. The molecule has 2 unspecified atom stereocenters. The normalized spacial score (nSPS) is 12.2. The third kappa shape index (κ3) is 11.6. The van der Waals surface area contributed by atoms with Crippen LogP contribution in [-0.4, -0.2) is 41.5 Å². The molecule has 0 saturated heterocycles. The van der Waals surface area contributed by atoms with Crippen LogP contribution in [0.5, 0.6) is 0 Å². The Morgan fingerprint density at radius 3 is 1.50 bits per heavy atom. The van der Waals surface area contributed by atoms with Gasteiger partial charge in [-0.1, -0.05) is 107 Å². The predicted molar refractivity (Wildman–Crippen MR) is 245 cm³/mol. The van der Waals surface area contributed by atoms with Gasteiger partial charge in [-0.25, -0.2) is 0 Å². The second kappa shape index (κ2) is 21.6. The van der Waals surface area contributed by atoms with Gasteiger partial charge in [0.15, 0.2) is 0 Å². The first-order valence-electron chi connectivity index (χ1n) is 20.5. The molecular formula is C53H42F6IrN4O2-2. The zero-order valence-electron chi connectivity index (χ0n) is 35.5. The summed E-state index contributed by atoms with van der Waals surface area (Å²) in [4.78, 5) is 7.34. The molecule has 13 heteroatoms. The standard InChI is InChI=1S/C24H14F3N2.C18H12N.C6H4F3N.C5H12O2.Ir/c25-24(26,27)17-11-12-21(28-15-17)16-10-13-23-20(14-16)19-8-4-5-9-22(19)29(23)18-6-2-1-3-7-18;1-2-8-14(9-3-1)19-17-12-6-4-10-15(17)16-11-5-7-13-18(16)19;7-6(8,9)5-2-1-3-10-4-5;1-4(6)3-5(2)7;/h1-13,15H;1-10,12-13H;1-4H;4-7H,3H2,1-2H3;/q2*-1;;;. The number of halogens is 6. The number of para-hydroxylation sites is 4. The Kier molecular flexibility index (Phi) is 16.0. The minimum Gasteiger partial charge on any atom is -0.393 e. The first-order valence-corrected chi connectivity index (χ1v) is 20.5. The number of hydrogen-bond acceptors (Lipinski definition) is 4. The Hall–Kier alpha value is -6.63. The van der Waals surface area contributed by atoms with E-state index in [9.17, 15) is 26.3 Å². The second-order valence-corrected chi connectivity index (χ2v) is 15.0. The number of pyridine rings is 2. The summed E-state index contributed by atoms with van der Waals surface area (Å²) in [6, 6.07) is 58.4. The van der Waals surface area contributed by atoms with Crippen molar-refractivity contribution in [2.75, 3.05) is 0 Å². The summed E-state index contributed by atoms with van der Waals surface area (Å²) in [5, 5.41) is 21.5. The Balaban J connectivity index is 0.000000166. The van der Waals surface area contributed by atoms with E-state index in [0.29, 0.717) is 17.7 Å². The molecule has 0 aliphatic rings. The second-order valence-electron chi connectivity index (χ2n) is 15.0. The molecule has 339 valence electrons. The largest absolute Gasteiger partial charge is 0.417 e. The molecule has 0 amide bonds. The molecule has 0 aliphatic heterocycles. The van der Waals surface area contributed by atoms with Crippen LogP contribution >= 0.6 is 0 Å². The monoisotopic (exact) mass is 1070 g/mol. The van der Waals surface area contributed by atoms with Crippen molar-refractivity contribution in [3.63, 3.8) is 0 Å². The molecule has 4 aromatic heterocycles. The first-order chi connectivity index (χ1) is 31.2. The van der Waals surface area contributed by atoms with Gasteiger partial charge in [0, 0.05) is 66.8 Å². The molecule has 6 aromatic carbocycles. The fourth-order valence-electron chi connectivity index (χ4n) is 7.33. The SMILES string of the molecule is CC(O)CC(C)O.FC(F)(F)c1ccc(-c2[c-]c3c4ccccc4n(-c4ccccc4)c3cc2)nc1.FC(F)(F)c1cccnc1.[Ir].[c-]1cccc2c1c1ccccc1n2-c1ccccc1. The molecule has 66 heavy (non-hydrogen) atoms. The van der Waals surface area contributed by atoms with Crippen LogP contribution in [-0.2, 0) is 32.5 Å². The number of hydrogen-bond donors (Lipinski definition) is 2. The van der Waals surface area contributed by atoms with E-state index in [-0.39, 0.29) is 32.3 Å².